The molecule has 6 heteroatoms. The van der Waals surface area contributed by atoms with Crippen LogP contribution in [0.5, 0.6) is 0 Å². The highest BCUT2D eigenvalue weighted by atomic mass is 19.1. The van der Waals surface area contributed by atoms with Gasteiger partial charge in [0.25, 0.3) is 0 Å². The molecule has 102 valence electrons. The Balaban J connectivity index is 2.43. The molecule has 1 aromatic carbocycles. The van der Waals surface area contributed by atoms with Gasteiger partial charge < -0.3 is 9.30 Å². The lowest BCUT2D eigenvalue weighted by Gasteiger charge is -2.04. The van der Waals surface area contributed by atoms with E-state index in [-0.39, 0.29) is 5.82 Å². The summed E-state index contributed by atoms with van der Waals surface area (Å²) in [5, 5.41) is 7.49. The minimum Gasteiger partial charge on any atom is -0.464 e. The van der Waals surface area contributed by atoms with Crippen molar-refractivity contribution in [1.82, 2.24) is 14.8 Å². The lowest BCUT2D eigenvalue weighted by atomic mass is 10.1. The Kier molecular flexibility index (Phi) is 2.78. The summed E-state index contributed by atoms with van der Waals surface area (Å²) < 4.78 is 19.9. The zero-order valence-electron chi connectivity index (χ0n) is 11.0. The van der Waals surface area contributed by atoms with Crippen LogP contribution in [0.4, 0.5) is 4.39 Å². The number of carbonyl (C=O) groups excluding carboxylic acids is 1. The summed E-state index contributed by atoms with van der Waals surface area (Å²) in [6.07, 6.45) is 1.60. The maximum atomic E-state index is 13.4. The number of H-pyrrole nitrogens is 1. The van der Waals surface area contributed by atoms with Crippen molar-refractivity contribution in [2.24, 2.45) is 7.05 Å². The van der Waals surface area contributed by atoms with Crippen molar-refractivity contribution >= 4 is 16.9 Å². The molecule has 20 heavy (non-hydrogen) atoms. The number of esters is 1. The number of carbonyl (C=O) groups is 1. The second-order valence-electron chi connectivity index (χ2n) is 4.41. The number of ether oxygens (including phenoxy) is 1. The van der Waals surface area contributed by atoms with Crippen molar-refractivity contribution in [3.8, 4) is 11.3 Å². The molecular weight excluding hydrogens is 261 g/mol. The topological polar surface area (TPSA) is 59.9 Å². The van der Waals surface area contributed by atoms with Gasteiger partial charge in [0, 0.05) is 24.2 Å². The number of methoxy groups -OCH3 is 1. The average molecular weight is 273 g/mol. The first-order valence-electron chi connectivity index (χ1n) is 5.99. The zero-order valence-corrected chi connectivity index (χ0v) is 11.0. The van der Waals surface area contributed by atoms with E-state index in [0.717, 1.165) is 5.39 Å². The van der Waals surface area contributed by atoms with E-state index >= 15 is 0 Å². The molecule has 0 aliphatic rings. The van der Waals surface area contributed by atoms with Crippen molar-refractivity contribution in [2.75, 3.05) is 7.11 Å². The van der Waals surface area contributed by atoms with Gasteiger partial charge >= 0.3 is 5.97 Å². The average Bonchev–Trinajstić information content (AvgIpc) is 3.05. The first-order chi connectivity index (χ1) is 9.63. The molecule has 0 atom stereocenters. The van der Waals surface area contributed by atoms with E-state index < -0.39 is 5.97 Å². The summed E-state index contributed by atoms with van der Waals surface area (Å²) in [6, 6.07) is 6.16. The third-order valence-corrected chi connectivity index (χ3v) is 3.31. The molecule has 0 fully saturated rings. The summed E-state index contributed by atoms with van der Waals surface area (Å²) in [4.78, 5) is 12.0. The van der Waals surface area contributed by atoms with E-state index in [0.29, 0.717) is 22.5 Å². The van der Waals surface area contributed by atoms with E-state index in [1.165, 1.54) is 19.2 Å². The highest BCUT2D eigenvalue weighted by molar-refractivity contribution is 6.08. The number of aryl methyl sites for hydroxylation is 1. The van der Waals surface area contributed by atoms with Gasteiger partial charge in [-0.15, -0.1) is 0 Å². The lowest BCUT2D eigenvalue weighted by molar-refractivity contribution is 0.0591. The molecule has 0 spiro atoms. The molecule has 3 aromatic rings. The molecule has 0 unspecified atom stereocenters. The molecule has 0 aliphatic carbocycles. The van der Waals surface area contributed by atoms with Crippen LogP contribution in [0.1, 0.15) is 10.5 Å². The number of halogens is 1. The van der Waals surface area contributed by atoms with Crippen LogP contribution in [0.25, 0.3) is 22.2 Å². The Labute approximate surface area is 114 Å². The Morgan fingerprint density at radius 1 is 1.40 bits per heavy atom. The molecule has 0 aliphatic heterocycles. The largest absolute Gasteiger partial charge is 0.464 e. The zero-order chi connectivity index (χ0) is 14.3. The number of fused-ring (bicyclic) bond motifs is 1. The summed E-state index contributed by atoms with van der Waals surface area (Å²) in [7, 11) is 3.02. The van der Waals surface area contributed by atoms with Gasteiger partial charge in [-0.25, -0.2) is 9.18 Å². The van der Waals surface area contributed by atoms with Crippen LogP contribution >= 0.6 is 0 Å². The molecule has 1 N–H and O–H groups in total. The number of nitrogens with one attached hydrogen (secondary N) is 1. The molecule has 0 amide bonds. The van der Waals surface area contributed by atoms with Crippen molar-refractivity contribution < 1.29 is 13.9 Å². The fraction of sp³-hybridized carbons (Fsp3) is 0.143. The standard InChI is InChI=1S/C14H12FN3O2/c1-18-11-7-8(15)3-4-9(11)12(10-5-6-16-17-10)13(18)14(19)20-2/h3-7H,1-2H3,(H,16,17). The number of benzene rings is 1. The summed E-state index contributed by atoms with van der Waals surface area (Å²) in [6.45, 7) is 0. The molecule has 0 radical (unpaired) electrons. The monoisotopic (exact) mass is 273 g/mol. The summed E-state index contributed by atoms with van der Waals surface area (Å²) in [5.41, 5.74) is 2.32. The number of hydrogen-bond donors (Lipinski definition) is 1. The Morgan fingerprint density at radius 3 is 2.85 bits per heavy atom. The summed E-state index contributed by atoms with van der Waals surface area (Å²) in [5.74, 6) is -0.834. The fourth-order valence-electron chi connectivity index (χ4n) is 2.41. The molecule has 0 bridgehead atoms. The molecule has 5 nitrogen and oxygen atoms in total. The Bertz CT molecular complexity index is 790. The van der Waals surface area contributed by atoms with Crippen molar-refractivity contribution in [3.05, 3.63) is 42.0 Å². The minimum absolute atomic E-state index is 0.356. The fourth-order valence-corrected chi connectivity index (χ4v) is 2.41. The molecular formula is C14H12FN3O2. The van der Waals surface area contributed by atoms with E-state index in [1.54, 1.807) is 29.9 Å². The lowest BCUT2D eigenvalue weighted by Crippen LogP contribution is -2.09. The van der Waals surface area contributed by atoms with Crippen molar-refractivity contribution in [3.63, 3.8) is 0 Å². The van der Waals surface area contributed by atoms with Gasteiger partial charge in [0.15, 0.2) is 0 Å². The van der Waals surface area contributed by atoms with Gasteiger partial charge in [0.05, 0.1) is 18.3 Å². The van der Waals surface area contributed by atoms with Crippen LogP contribution in [-0.4, -0.2) is 27.8 Å². The maximum absolute atomic E-state index is 13.4. The van der Waals surface area contributed by atoms with Gasteiger partial charge in [0.2, 0.25) is 0 Å². The Hall–Kier alpha value is -2.63. The third-order valence-electron chi connectivity index (χ3n) is 3.31. The predicted molar refractivity (Wildman–Crippen MR) is 71.8 cm³/mol. The first-order valence-corrected chi connectivity index (χ1v) is 5.99. The molecule has 3 rings (SSSR count). The van der Waals surface area contributed by atoms with Gasteiger partial charge in [-0.05, 0) is 24.3 Å². The van der Waals surface area contributed by atoms with Crippen molar-refractivity contribution in [2.45, 2.75) is 0 Å². The number of rotatable bonds is 2. The molecule has 0 saturated heterocycles. The second-order valence-corrected chi connectivity index (χ2v) is 4.41. The third kappa shape index (κ3) is 1.69. The predicted octanol–water partition coefficient (Wildman–Crippen LogP) is 2.49. The van der Waals surface area contributed by atoms with Crippen LogP contribution in [-0.2, 0) is 11.8 Å². The van der Waals surface area contributed by atoms with Gasteiger partial charge in [0.1, 0.15) is 11.5 Å². The maximum Gasteiger partial charge on any atom is 0.355 e. The Morgan fingerprint density at radius 2 is 2.20 bits per heavy atom. The van der Waals surface area contributed by atoms with Crippen LogP contribution in [0.2, 0.25) is 0 Å². The van der Waals surface area contributed by atoms with E-state index in [1.807, 2.05) is 0 Å². The molecule has 2 aromatic heterocycles. The van der Waals surface area contributed by atoms with Gasteiger partial charge in [-0.1, -0.05) is 0 Å². The van der Waals surface area contributed by atoms with Crippen molar-refractivity contribution in [1.29, 1.82) is 0 Å². The highest BCUT2D eigenvalue weighted by Gasteiger charge is 2.23. The molecule has 0 saturated carbocycles. The number of aromatic nitrogens is 3. The minimum atomic E-state index is -0.478. The number of hydrogen-bond acceptors (Lipinski definition) is 3. The van der Waals surface area contributed by atoms with Crippen LogP contribution in [0, 0.1) is 5.82 Å². The van der Waals surface area contributed by atoms with E-state index in [9.17, 15) is 9.18 Å². The highest BCUT2D eigenvalue weighted by Crippen LogP contribution is 2.34. The normalized spacial score (nSPS) is 10.9. The number of nitrogens with zero attached hydrogens (tertiary/aromatic N) is 2. The van der Waals surface area contributed by atoms with Gasteiger partial charge in [-0.3, -0.25) is 5.10 Å². The van der Waals surface area contributed by atoms with E-state index in [2.05, 4.69) is 10.2 Å². The second kappa shape index (κ2) is 4.48. The first kappa shape index (κ1) is 12.4. The number of aromatic amines is 1. The smallest absolute Gasteiger partial charge is 0.355 e. The van der Waals surface area contributed by atoms with Crippen LogP contribution in [0.15, 0.2) is 30.5 Å². The van der Waals surface area contributed by atoms with Crippen LogP contribution < -0.4 is 0 Å². The SMILES string of the molecule is COC(=O)c1c(-c2ccn[nH]2)c2ccc(F)cc2n1C. The quantitative estimate of drug-likeness (QED) is 0.730. The van der Waals surface area contributed by atoms with Gasteiger partial charge in [-0.2, -0.15) is 5.10 Å². The van der Waals surface area contributed by atoms with Crippen LogP contribution in [0.3, 0.4) is 0 Å². The molecule has 2 heterocycles. The van der Waals surface area contributed by atoms with E-state index in [4.69, 9.17) is 4.74 Å². The summed E-state index contributed by atoms with van der Waals surface area (Å²) >= 11 is 0.